The number of halogens is 1. The van der Waals surface area contributed by atoms with Crippen LogP contribution in [0.3, 0.4) is 0 Å². The second-order valence-corrected chi connectivity index (χ2v) is 3.41. The Morgan fingerprint density at radius 2 is 2.33 bits per heavy atom. The molecule has 0 aromatic heterocycles. The lowest BCUT2D eigenvalue weighted by Crippen LogP contribution is -1.96. The fraction of sp³-hybridized carbons (Fsp3) is 0.250. The van der Waals surface area contributed by atoms with Crippen LogP contribution in [0.5, 0.6) is 0 Å². The average molecular weight is 206 g/mol. The number of carbonyl (C=O) groups is 1. The molecule has 0 spiro atoms. The highest BCUT2D eigenvalue weighted by molar-refractivity contribution is 6.12. The maximum absolute atomic E-state index is 12.9. The van der Waals surface area contributed by atoms with Gasteiger partial charge in [0, 0.05) is 17.6 Å². The van der Waals surface area contributed by atoms with Gasteiger partial charge in [-0.2, -0.15) is 0 Å². The molecule has 0 fully saturated rings. The van der Waals surface area contributed by atoms with Crippen molar-refractivity contribution in [2.75, 3.05) is 6.61 Å². The van der Waals surface area contributed by atoms with Crippen LogP contribution in [0.15, 0.2) is 30.0 Å². The lowest BCUT2D eigenvalue weighted by molar-refractivity contribution is 0.103. The molecular formula is C12H11FO2. The van der Waals surface area contributed by atoms with E-state index in [1.165, 1.54) is 24.5 Å². The van der Waals surface area contributed by atoms with Crippen LogP contribution in [0.2, 0.25) is 0 Å². The number of fused-ring (bicyclic) bond motifs is 1. The molecule has 15 heavy (non-hydrogen) atoms. The van der Waals surface area contributed by atoms with Gasteiger partial charge in [0.2, 0.25) is 0 Å². The van der Waals surface area contributed by atoms with E-state index in [9.17, 15) is 9.18 Å². The van der Waals surface area contributed by atoms with E-state index >= 15 is 0 Å². The molecule has 1 aromatic rings. The molecule has 1 aliphatic rings. The smallest absolute Gasteiger partial charge is 0.192 e. The summed E-state index contributed by atoms with van der Waals surface area (Å²) in [7, 11) is 0. The number of ketones is 1. The summed E-state index contributed by atoms with van der Waals surface area (Å²) < 4.78 is 18.0. The molecule has 3 heteroatoms. The van der Waals surface area contributed by atoms with Crippen molar-refractivity contribution < 1.29 is 13.9 Å². The molecule has 0 atom stereocenters. The van der Waals surface area contributed by atoms with E-state index in [-0.39, 0.29) is 11.6 Å². The first kappa shape index (κ1) is 9.90. The Balaban J connectivity index is 2.33. The van der Waals surface area contributed by atoms with Gasteiger partial charge in [-0.25, -0.2) is 4.39 Å². The Kier molecular flexibility index (Phi) is 2.54. The zero-order valence-corrected chi connectivity index (χ0v) is 8.42. The molecule has 2 nitrogen and oxygen atoms in total. The Morgan fingerprint density at radius 3 is 3.07 bits per heavy atom. The predicted octanol–water partition coefficient (Wildman–Crippen LogP) is 2.48. The van der Waals surface area contributed by atoms with E-state index in [0.717, 1.165) is 5.56 Å². The molecule has 0 bridgehead atoms. The first-order valence-electron chi connectivity index (χ1n) is 4.86. The van der Waals surface area contributed by atoms with Gasteiger partial charge < -0.3 is 4.74 Å². The molecule has 0 saturated carbocycles. The number of benzene rings is 1. The minimum Gasteiger partial charge on any atom is -0.501 e. The molecule has 1 aliphatic carbocycles. The van der Waals surface area contributed by atoms with Crippen LogP contribution in [0.4, 0.5) is 4.39 Å². The highest BCUT2D eigenvalue weighted by Gasteiger charge is 2.25. The molecule has 0 unspecified atom stereocenters. The lowest BCUT2D eigenvalue weighted by atomic mass is 10.1. The number of hydrogen-bond donors (Lipinski definition) is 0. The maximum Gasteiger partial charge on any atom is 0.192 e. The van der Waals surface area contributed by atoms with Gasteiger partial charge in [0.15, 0.2) is 5.78 Å². The van der Waals surface area contributed by atoms with E-state index in [0.29, 0.717) is 24.2 Å². The summed E-state index contributed by atoms with van der Waals surface area (Å²) in [6, 6.07) is 4.24. The second-order valence-electron chi connectivity index (χ2n) is 3.41. The van der Waals surface area contributed by atoms with Crippen LogP contribution in [-0.2, 0) is 11.2 Å². The molecule has 0 aliphatic heterocycles. The number of hydrogen-bond acceptors (Lipinski definition) is 2. The van der Waals surface area contributed by atoms with Gasteiger partial charge >= 0.3 is 0 Å². The maximum atomic E-state index is 12.9. The largest absolute Gasteiger partial charge is 0.501 e. The van der Waals surface area contributed by atoms with Crippen molar-refractivity contribution in [1.29, 1.82) is 0 Å². The minimum absolute atomic E-state index is 0.0570. The Hall–Kier alpha value is -1.64. The van der Waals surface area contributed by atoms with E-state index in [1.54, 1.807) is 0 Å². The first-order valence-corrected chi connectivity index (χ1v) is 4.86. The van der Waals surface area contributed by atoms with Crippen molar-refractivity contribution in [1.82, 2.24) is 0 Å². The van der Waals surface area contributed by atoms with Gasteiger partial charge in [-0.3, -0.25) is 4.79 Å². The number of allylic oxidation sites excluding steroid dienone is 1. The topological polar surface area (TPSA) is 26.3 Å². The van der Waals surface area contributed by atoms with E-state index in [1.807, 2.05) is 6.92 Å². The monoisotopic (exact) mass is 206 g/mol. The van der Waals surface area contributed by atoms with Crippen LogP contribution in [0.25, 0.3) is 0 Å². The van der Waals surface area contributed by atoms with Gasteiger partial charge in [0.05, 0.1) is 12.9 Å². The van der Waals surface area contributed by atoms with Gasteiger partial charge in [-0.05, 0) is 30.7 Å². The number of carbonyl (C=O) groups excluding carboxylic acids is 1. The van der Waals surface area contributed by atoms with E-state index in [2.05, 4.69) is 0 Å². The van der Waals surface area contributed by atoms with Crippen LogP contribution >= 0.6 is 0 Å². The Labute approximate surface area is 87.4 Å². The first-order chi connectivity index (χ1) is 7.22. The summed E-state index contributed by atoms with van der Waals surface area (Å²) in [5.41, 5.74) is 1.92. The molecule has 0 amide bonds. The van der Waals surface area contributed by atoms with Crippen molar-refractivity contribution in [3.63, 3.8) is 0 Å². The third-order valence-electron chi connectivity index (χ3n) is 2.38. The summed E-state index contributed by atoms with van der Waals surface area (Å²) in [6.45, 7) is 2.38. The average Bonchev–Trinajstić information content (AvgIpc) is 2.52. The molecule has 0 saturated heterocycles. The van der Waals surface area contributed by atoms with Gasteiger partial charge in [0.25, 0.3) is 0 Å². The summed E-state index contributed by atoms with van der Waals surface area (Å²) in [6.07, 6.45) is 1.94. The van der Waals surface area contributed by atoms with E-state index < -0.39 is 0 Å². The van der Waals surface area contributed by atoms with E-state index in [4.69, 9.17) is 4.74 Å². The standard InChI is InChI=1S/C12H11FO2/c1-2-15-7-9-5-8-6-10(13)3-4-11(8)12(9)14/h3-4,6-7H,2,5H2,1H3/b9-7+. The fourth-order valence-electron chi connectivity index (χ4n) is 1.67. The normalized spacial score (nSPS) is 16.9. The van der Waals surface area contributed by atoms with Gasteiger partial charge in [0.1, 0.15) is 5.82 Å². The molecule has 78 valence electrons. The molecular weight excluding hydrogens is 195 g/mol. The zero-order valence-electron chi connectivity index (χ0n) is 8.42. The zero-order chi connectivity index (χ0) is 10.8. The van der Waals surface area contributed by atoms with Crippen LogP contribution in [0, 0.1) is 5.82 Å². The Bertz CT molecular complexity index is 435. The fourth-order valence-corrected chi connectivity index (χ4v) is 1.67. The lowest BCUT2D eigenvalue weighted by Gasteiger charge is -1.95. The van der Waals surface area contributed by atoms with Gasteiger partial charge in [-0.1, -0.05) is 0 Å². The molecule has 0 N–H and O–H groups in total. The molecule has 0 heterocycles. The molecule has 2 rings (SSSR count). The van der Waals surface area contributed by atoms with Crippen molar-refractivity contribution in [3.05, 3.63) is 47.0 Å². The van der Waals surface area contributed by atoms with Crippen molar-refractivity contribution in [3.8, 4) is 0 Å². The summed E-state index contributed by atoms with van der Waals surface area (Å²) >= 11 is 0. The van der Waals surface area contributed by atoms with Crippen molar-refractivity contribution in [2.24, 2.45) is 0 Å². The third-order valence-corrected chi connectivity index (χ3v) is 2.38. The summed E-state index contributed by atoms with van der Waals surface area (Å²) in [5, 5.41) is 0. The quantitative estimate of drug-likeness (QED) is 0.549. The second kappa shape index (κ2) is 3.85. The van der Waals surface area contributed by atoms with Crippen LogP contribution in [-0.4, -0.2) is 12.4 Å². The molecule has 0 radical (unpaired) electrons. The summed E-state index contributed by atoms with van der Waals surface area (Å²) in [4.78, 5) is 11.7. The third kappa shape index (κ3) is 1.77. The van der Waals surface area contributed by atoms with Crippen LogP contribution < -0.4 is 0 Å². The van der Waals surface area contributed by atoms with Crippen LogP contribution in [0.1, 0.15) is 22.8 Å². The number of ether oxygens (including phenoxy) is 1. The van der Waals surface area contributed by atoms with Gasteiger partial charge in [-0.15, -0.1) is 0 Å². The molecule has 1 aromatic carbocycles. The highest BCUT2D eigenvalue weighted by atomic mass is 19.1. The van der Waals surface area contributed by atoms with Crippen molar-refractivity contribution >= 4 is 5.78 Å². The minimum atomic E-state index is -0.306. The Morgan fingerprint density at radius 1 is 1.53 bits per heavy atom. The highest BCUT2D eigenvalue weighted by Crippen LogP contribution is 2.26. The summed E-state index contributed by atoms with van der Waals surface area (Å²) in [5.74, 6) is -0.363. The number of rotatable bonds is 2. The van der Waals surface area contributed by atoms with Crippen molar-refractivity contribution in [2.45, 2.75) is 13.3 Å². The predicted molar refractivity (Wildman–Crippen MR) is 54.1 cm³/mol. The SMILES string of the molecule is CCO/C=C1\Cc2cc(F)ccc2C1=O. The number of Topliss-reactive ketones (excluding diaryl/α,β-unsaturated/α-hetero) is 1.